The number of rotatable bonds is 6. The molecular formula is C19H22ClN7OS. The first-order chi connectivity index (χ1) is 14.2. The van der Waals surface area contributed by atoms with Gasteiger partial charge in [-0.3, -0.25) is 9.80 Å². The molecule has 1 saturated carbocycles. The molecule has 0 unspecified atom stereocenters. The van der Waals surface area contributed by atoms with Crippen LogP contribution in [0.1, 0.15) is 24.8 Å². The molecular weight excluding hydrogens is 410 g/mol. The zero-order chi connectivity index (χ0) is 19.8. The minimum Gasteiger partial charge on any atom is -0.338 e. The van der Waals surface area contributed by atoms with Gasteiger partial charge >= 0.3 is 0 Å². The number of hydrogen-bond acceptors (Lipinski definition) is 7. The second kappa shape index (κ2) is 7.98. The first-order valence-electron chi connectivity index (χ1n) is 9.83. The molecule has 5 rings (SSSR count). The van der Waals surface area contributed by atoms with E-state index in [2.05, 4.69) is 29.6 Å². The number of halogens is 1. The van der Waals surface area contributed by atoms with Crippen molar-refractivity contribution >= 4 is 23.8 Å². The lowest BCUT2D eigenvalue weighted by Crippen LogP contribution is -2.46. The highest BCUT2D eigenvalue weighted by atomic mass is 35.5. The van der Waals surface area contributed by atoms with Gasteiger partial charge in [-0.05, 0) is 49.3 Å². The van der Waals surface area contributed by atoms with Gasteiger partial charge in [0.05, 0.1) is 13.2 Å². The van der Waals surface area contributed by atoms with Crippen molar-refractivity contribution in [2.45, 2.75) is 32.1 Å². The van der Waals surface area contributed by atoms with Gasteiger partial charge in [-0.25, -0.2) is 4.68 Å². The van der Waals surface area contributed by atoms with Gasteiger partial charge in [0.2, 0.25) is 11.7 Å². The molecule has 2 aliphatic rings. The Morgan fingerprint density at radius 2 is 1.79 bits per heavy atom. The molecule has 0 atom stereocenters. The fraction of sp³-hybridized carbons (Fsp3) is 0.474. The van der Waals surface area contributed by atoms with E-state index in [4.69, 9.17) is 28.3 Å². The Hall–Kier alpha value is -2.07. The van der Waals surface area contributed by atoms with Crippen LogP contribution in [0, 0.1) is 4.77 Å². The van der Waals surface area contributed by atoms with Crippen molar-refractivity contribution < 1.29 is 4.52 Å². The van der Waals surface area contributed by atoms with Crippen LogP contribution in [0.15, 0.2) is 35.1 Å². The zero-order valence-electron chi connectivity index (χ0n) is 15.9. The molecule has 0 spiro atoms. The van der Waals surface area contributed by atoms with Crippen LogP contribution in [0.2, 0.25) is 5.02 Å². The lowest BCUT2D eigenvalue weighted by Gasteiger charge is -2.33. The Morgan fingerprint density at radius 1 is 1.07 bits per heavy atom. The summed E-state index contributed by atoms with van der Waals surface area (Å²) in [5.41, 5.74) is 0.900. The molecule has 1 aromatic carbocycles. The summed E-state index contributed by atoms with van der Waals surface area (Å²) in [5, 5.41) is 9.26. The summed E-state index contributed by atoms with van der Waals surface area (Å²) in [6, 6.07) is 8.01. The van der Waals surface area contributed by atoms with Crippen LogP contribution in [-0.2, 0) is 13.2 Å². The summed E-state index contributed by atoms with van der Waals surface area (Å²) in [5.74, 6) is 1.23. The van der Waals surface area contributed by atoms with Crippen LogP contribution in [-0.4, -0.2) is 60.5 Å². The van der Waals surface area contributed by atoms with Crippen molar-refractivity contribution in [2.24, 2.45) is 0 Å². The maximum absolute atomic E-state index is 5.94. The van der Waals surface area contributed by atoms with Crippen LogP contribution in [0.5, 0.6) is 0 Å². The van der Waals surface area contributed by atoms with Crippen LogP contribution in [0.25, 0.3) is 11.4 Å². The average Bonchev–Trinajstić information content (AvgIpc) is 3.36. The molecule has 0 amide bonds. The molecule has 3 aromatic rings. The fourth-order valence-corrected chi connectivity index (χ4v) is 3.98. The van der Waals surface area contributed by atoms with Crippen LogP contribution < -0.4 is 0 Å². The van der Waals surface area contributed by atoms with Crippen LogP contribution in [0.3, 0.4) is 0 Å². The molecule has 1 aliphatic heterocycles. The summed E-state index contributed by atoms with van der Waals surface area (Å²) < 4.78 is 10.3. The van der Waals surface area contributed by atoms with Gasteiger partial charge in [0.25, 0.3) is 0 Å². The van der Waals surface area contributed by atoms with Gasteiger partial charge in [-0.15, -0.1) is 0 Å². The van der Waals surface area contributed by atoms with E-state index >= 15 is 0 Å². The summed E-state index contributed by atoms with van der Waals surface area (Å²) in [7, 11) is 0. The Kier molecular flexibility index (Phi) is 5.21. The van der Waals surface area contributed by atoms with Crippen molar-refractivity contribution in [2.75, 3.05) is 26.2 Å². The fourth-order valence-electron chi connectivity index (χ4n) is 3.56. The molecule has 8 nitrogen and oxygen atoms in total. The van der Waals surface area contributed by atoms with Gasteiger partial charge < -0.3 is 9.09 Å². The lowest BCUT2D eigenvalue weighted by atomic mass is 10.2. The standard InChI is InChI=1S/C19H22ClN7OS/c20-15-3-1-14(2-4-15)18-22-17(28-23-18)11-24-7-9-25(10-8-24)13-27-19(29)26(12-21-27)16-5-6-16/h1-4,12,16H,5-11,13H2. The second-order valence-electron chi connectivity index (χ2n) is 7.61. The highest BCUT2D eigenvalue weighted by Crippen LogP contribution is 2.34. The quantitative estimate of drug-likeness (QED) is 0.555. The first-order valence-corrected chi connectivity index (χ1v) is 10.6. The summed E-state index contributed by atoms with van der Waals surface area (Å²) in [6.45, 7) is 5.19. The van der Waals surface area contributed by atoms with E-state index in [9.17, 15) is 0 Å². The minimum absolute atomic E-state index is 0.570. The molecule has 2 fully saturated rings. The molecule has 0 radical (unpaired) electrons. The van der Waals surface area contributed by atoms with Crippen molar-refractivity contribution in [3.63, 3.8) is 0 Å². The summed E-state index contributed by atoms with van der Waals surface area (Å²) >= 11 is 11.5. The average molecular weight is 432 g/mol. The zero-order valence-corrected chi connectivity index (χ0v) is 17.5. The summed E-state index contributed by atoms with van der Waals surface area (Å²) in [4.78, 5) is 9.23. The number of piperazine rings is 1. The van der Waals surface area contributed by atoms with Crippen LogP contribution in [0.4, 0.5) is 0 Å². The molecule has 3 heterocycles. The van der Waals surface area contributed by atoms with E-state index in [-0.39, 0.29) is 0 Å². The minimum atomic E-state index is 0.570. The van der Waals surface area contributed by atoms with Gasteiger partial charge in [-0.1, -0.05) is 16.8 Å². The van der Waals surface area contributed by atoms with E-state index in [1.807, 2.05) is 35.3 Å². The third kappa shape index (κ3) is 4.28. The third-order valence-electron chi connectivity index (χ3n) is 5.43. The topological polar surface area (TPSA) is 68.2 Å². The van der Waals surface area contributed by atoms with Crippen molar-refractivity contribution in [3.05, 3.63) is 46.3 Å². The highest BCUT2D eigenvalue weighted by Gasteiger charge is 2.26. The Labute approximate surface area is 178 Å². The van der Waals surface area contributed by atoms with Gasteiger partial charge in [-0.2, -0.15) is 10.1 Å². The first kappa shape index (κ1) is 18.9. The maximum Gasteiger partial charge on any atom is 0.241 e. The van der Waals surface area contributed by atoms with E-state index in [1.54, 1.807) is 0 Å². The smallest absolute Gasteiger partial charge is 0.241 e. The van der Waals surface area contributed by atoms with Crippen molar-refractivity contribution in [3.8, 4) is 11.4 Å². The molecule has 0 N–H and O–H groups in total. The second-order valence-corrected chi connectivity index (χ2v) is 8.41. The predicted octanol–water partition coefficient (Wildman–Crippen LogP) is 3.23. The van der Waals surface area contributed by atoms with E-state index in [0.717, 1.165) is 43.2 Å². The molecule has 152 valence electrons. The largest absolute Gasteiger partial charge is 0.338 e. The monoisotopic (exact) mass is 431 g/mol. The number of benzene rings is 1. The van der Waals surface area contributed by atoms with E-state index in [1.165, 1.54) is 12.8 Å². The number of aromatic nitrogens is 5. The van der Waals surface area contributed by atoms with Crippen LogP contribution >= 0.6 is 23.8 Å². The normalized spacial score (nSPS) is 18.4. The summed E-state index contributed by atoms with van der Waals surface area (Å²) in [6.07, 6.45) is 4.31. The van der Waals surface area contributed by atoms with Gasteiger partial charge in [0.1, 0.15) is 6.33 Å². The molecule has 2 aromatic heterocycles. The highest BCUT2D eigenvalue weighted by molar-refractivity contribution is 7.71. The number of nitrogens with zero attached hydrogens (tertiary/aromatic N) is 7. The molecule has 10 heteroatoms. The molecule has 0 bridgehead atoms. The number of hydrogen-bond donors (Lipinski definition) is 0. The van der Waals surface area contributed by atoms with E-state index < -0.39 is 0 Å². The van der Waals surface area contributed by atoms with E-state index in [0.29, 0.717) is 29.3 Å². The van der Waals surface area contributed by atoms with Gasteiger partial charge in [0, 0.05) is 42.8 Å². The Morgan fingerprint density at radius 3 is 2.52 bits per heavy atom. The molecule has 1 aliphatic carbocycles. The molecule has 29 heavy (non-hydrogen) atoms. The van der Waals surface area contributed by atoms with Gasteiger partial charge in [0.15, 0.2) is 4.77 Å². The predicted molar refractivity (Wildman–Crippen MR) is 111 cm³/mol. The third-order valence-corrected chi connectivity index (χ3v) is 6.10. The lowest BCUT2D eigenvalue weighted by molar-refractivity contribution is 0.0907. The Bertz CT molecular complexity index is 1030. The Balaban J connectivity index is 1.14. The molecule has 1 saturated heterocycles. The van der Waals surface area contributed by atoms with Crippen molar-refractivity contribution in [1.29, 1.82) is 0 Å². The SMILES string of the molecule is S=c1n(C2CC2)cnn1CN1CCN(Cc2nc(-c3ccc(Cl)cc3)no2)CC1. The van der Waals surface area contributed by atoms with Crippen molar-refractivity contribution in [1.82, 2.24) is 34.3 Å². The maximum atomic E-state index is 5.94.